The fourth-order valence-electron chi connectivity index (χ4n) is 1.84. The molecule has 1 N–H and O–H groups in total. The van der Waals surface area contributed by atoms with E-state index in [4.69, 9.17) is 0 Å². The van der Waals surface area contributed by atoms with Crippen LogP contribution in [0, 0.1) is 6.92 Å². The highest BCUT2D eigenvalue weighted by Gasteiger charge is 2.24. The summed E-state index contributed by atoms with van der Waals surface area (Å²) in [4.78, 5) is 4.56. The molecule has 2 atom stereocenters. The number of thioether (sulfide) groups is 2. The SMILES string of the molecule is CNC(Cc1nc(C)cs1)C1CSCCS1. The first-order chi connectivity index (χ1) is 7.79. The minimum Gasteiger partial charge on any atom is -0.315 e. The van der Waals surface area contributed by atoms with E-state index < -0.39 is 0 Å². The van der Waals surface area contributed by atoms with Crippen molar-refractivity contribution in [1.29, 1.82) is 0 Å². The molecule has 5 heteroatoms. The van der Waals surface area contributed by atoms with Crippen molar-refractivity contribution in [3.8, 4) is 0 Å². The lowest BCUT2D eigenvalue weighted by Gasteiger charge is -2.28. The van der Waals surface area contributed by atoms with Crippen LogP contribution in [0.4, 0.5) is 0 Å². The molecule has 0 bridgehead atoms. The van der Waals surface area contributed by atoms with Crippen LogP contribution in [0.25, 0.3) is 0 Å². The number of hydrogen-bond acceptors (Lipinski definition) is 5. The Hall–Kier alpha value is 0.290. The zero-order valence-electron chi connectivity index (χ0n) is 9.73. The fraction of sp³-hybridized carbons (Fsp3) is 0.727. The molecule has 0 aromatic carbocycles. The number of thiazole rings is 1. The number of aryl methyl sites for hydroxylation is 1. The summed E-state index contributed by atoms with van der Waals surface area (Å²) in [6.07, 6.45) is 1.08. The smallest absolute Gasteiger partial charge is 0.0944 e. The van der Waals surface area contributed by atoms with Gasteiger partial charge >= 0.3 is 0 Å². The first kappa shape index (κ1) is 12.7. The molecule has 2 nitrogen and oxygen atoms in total. The van der Waals surface area contributed by atoms with Crippen molar-refractivity contribution in [2.75, 3.05) is 24.3 Å². The standard InChI is InChI=1S/C11H18N2S3/c1-8-6-16-11(13-8)5-9(12-2)10-7-14-3-4-15-10/h6,9-10,12H,3-5,7H2,1-2H3. The van der Waals surface area contributed by atoms with Crippen LogP contribution in [0.3, 0.4) is 0 Å². The molecular weight excluding hydrogens is 256 g/mol. The Morgan fingerprint density at radius 1 is 1.56 bits per heavy atom. The molecule has 1 saturated heterocycles. The molecule has 0 amide bonds. The van der Waals surface area contributed by atoms with E-state index in [1.54, 1.807) is 11.3 Å². The van der Waals surface area contributed by atoms with E-state index in [-0.39, 0.29) is 0 Å². The normalized spacial score (nSPS) is 23.2. The Morgan fingerprint density at radius 3 is 3.00 bits per heavy atom. The fourth-order valence-corrected chi connectivity index (χ4v) is 5.60. The molecular formula is C11H18N2S3. The van der Waals surface area contributed by atoms with Crippen molar-refractivity contribution in [3.05, 3.63) is 16.1 Å². The number of hydrogen-bond donors (Lipinski definition) is 1. The van der Waals surface area contributed by atoms with Crippen LogP contribution in [0.2, 0.25) is 0 Å². The lowest BCUT2D eigenvalue weighted by Crippen LogP contribution is -2.40. The van der Waals surface area contributed by atoms with Crippen LogP contribution in [-0.4, -0.2) is 40.6 Å². The van der Waals surface area contributed by atoms with Crippen LogP contribution >= 0.6 is 34.9 Å². The van der Waals surface area contributed by atoms with Gasteiger partial charge in [-0.3, -0.25) is 0 Å². The number of likely N-dealkylation sites (N-methyl/N-ethyl adjacent to an activating group) is 1. The van der Waals surface area contributed by atoms with Crippen LogP contribution in [0.1, 0.15) is 10.7 Å². The zero-order valence-corrected chi connectivity index (χ0v) is 12.2. The molecule has 2 rings (SSSR count). The first-order valence-electron chi connectivity index (χ1n) is 5.57. The third-order valence-corrected chi connectivity index (χ3v) is 6.63. The van der Waals surface area contributed by atoms with Crippen molar-refractivity contribution in [1.82, 2.24) is 10.3 Å². The molecule has 1 aliphatic heterocycles. The van der Waals surface area contributed by atoms with Crippen LogP contribution in [0.15, 0.2) is 5.38 Å². The van der Waals surface area contributed by atoms with Gasteiger partial charge in [-0.25, -0.2) is 4.98 Å². The lowest BCUT2D eigenvalue weighted by atomic mass is 10.1. The first-order valence-corrected chi connectivity index (χ1v) is 8.65. The van der Waals surface area contributed by atoms with Crippen LogP contribution < -0.4 is 5.32 Å². The molecule has 1 aromatic rings. The van der Waals surface area contributed by atoms with Gasteiger partial charge in [0.25, 0.3) is 0 Å². The van der Waals surface area contributed by atoms with E-state index in [0.717, 1.165) is 17.4 Å². The predicted octanol–water partition coefficient (Wildman–Crippen LogP) is 2.43. The third-order valence-electron chi connectivity index (χ3n) is 2.72. The maximum Gasteiger partial charge on any atom is 0.0944 e. The number of nitrogens with one attached hydrogen (secondary N) is 1. The van der Waals surface area contributed by atoms with Gasteiger partial charge in [-0.15, -0.1) is 11.3 Å². The summed E-state index contributed by atoms with van der Waals surface area (Å²) < 4.78 is 0. The highest BCUT2D eigenvalue weighted by Crippen LogP contribution is 2.28. The second-order valence-electron chi connectivity index (χ2n) is 3.97. The molecule has 16 heavy (non-hydrogen) atoms. The van der Waals surface area contributed by atoms with Crippen LogP contribution in [0.5, 0.6) is 0 Å². The van der Waals surface area contributed by atoms with E-state index in [2.05, 4.69) is 53.2 Å². The Kier molecular flexibility index (Phi) is 5.00. The van der Waals surface area contributed by atoms with Crippen molar-refractivity contribution in [2.24, 2.45) is 0 Å². The maximum atomic E-state index is 4.56. The second-order valence-corrected chi connectivity index (χ2v) is 7.41. The van der Waals surface area contributed by atoms with E-state index in [1.165, 1.54) is 22.3 Å². The van der Waals surface area contributed by atoms with Gasteiger partial charge in [-0.05, 0) is 14.0 Å². The average molecular weight is 274 g/mol. The monoisotopic (exact) mass is 274 g/mol. The Balaban J connectivity index is 1.94. The zero-order chi connectivity index (χ0) is 11.4. The topological polar surface area (TPSA) is 24.9 Å². The molecule has 2 unspecified atom stereocenters. The van der Waals surface area contributed by atoms with E-state index in [0.29, 0.717) is 6.04 Å². The van der Waals surface area contributed by atoms with Gasteiger partial charge in [-0.2, -0.15) is 23.5 Å². The second kappa shape index (κ2) is 6.28. The Bertz CT molecular complexity index is 321. The van der Waals surface area contributed by atoms with Crippen LogP contribution in [-0.2, 0) is 6.42 Å². The Morgan fingerprint density at radius 2 is 2.44 bits per heavy atom. The van der Waals surface area contributed by atoms with Crippen molar-refractivity contribution in [2.45, 2.75) is 24.6 Å². The maximum absolute atomic E-state index is 4.56. The van der Waals surface area contributed by atoms with E-state index in [1.807, 2.05) is 0 Å². The van der Waals surface area contributed by atoms with Gasteiger partial charge in [0.05, 0.1) is 5.01 Å². The predicted molar refractivity (Wildman–Crippen MR) is 77.0 cm³/mol. The van der Waals surface area contributed by atoms with Gasteiger partial charge in [-0.1, -0.05) is 0 Å². The number of nitrogens with zero attached hydrogens (tertiary/aromatic N) is 1. The summed E-state index contributed by atoms with van der Waals surface area (Å²) in [5.74, 6) is 3.89. The molecule has 1 aliphatic rings. The van der Waals surface area contributed by atoms with Gasteiger partial charge in [0.15, 0.2) is 0 Å². The molecule has 90 valence electrons. The summed E-state index contributed by atoms with van der Waals surface area (Å²) in [6.45, 7) is 2.07. The number of aromatic nitrogens is 1. The van der Waals surface area contributed by atoms with E-state index in [9.17, 15) is 0 Å². The summed E-state index contributed by atoms with van der Waals surface area (Å²) in [6, 6.07) is 0.573. The average Bonchev–Trinajstić information content (AvgIpc) is 2.73. The highest BCUT2D eigenvalue weighted by molar-refractivity contribution is 8.06. The largest absolute Gasteiger partial charge is 0.315 e. The highest BCUT2D eigenvalue weighted by atomic mass is 32.2. The molecule has 0 saturated carbocycles. The lowest BCUT2D eigenvalue weighted by molar-refractivity contribution is 0.555. The van der Waals surface area contributed by atoms with Gasteiger partial charge in [0.1, 0.15) is 0 Å². The molecule has 1 aromatic heterocycles. The minimum atomic E-state index is 0.573. The molecule has 0 spiro atoms. The van der Waals surface area contributed by atoms with Gasteiger partial charge in [0, 0.05) is 46.0 Å². The van der Waals surface area contributed by atoms with Crippen molar-refractivity contribution >= 4 is 34.9 Å². The van der Waals surface area contributed by atoms with Gasteiger partial charge in [0.2, 0.25) is 0 Å². The third kappa shape index (κ3) is 3.39. The summed E-state index contributed by atoms with van der Waals surface area (Å²) in [7, 11) is 2.07. The summed E-state index contributed by atoms with van der Waals surface area (Å²) in [5, 5.41) is 7.62. The number of rotatable bonds is 4. The van der Waals surface area contributed by atoms with E-state index >= 15 is 0 Å². The quantitative estimate of drug-likeness (QED) is 0.911. The summed E-state index contributed by atoms with van der Waals surface area (Å²) >= 11 is 5.99. The van der Waals surface area contributed by atoms with Crippen molar-refractivity contribution in [3.63, 3.8) is 0 Å². The minimum absolute atomic E-state index is 0.573. The summed E-state index contributed by atoms with van der Waals surface area (Å²) in [5.41, 5.74) is 1.15. The van der Waals surface area contributed by atoms with Crippen molar-refractivity contribution < 1.29 is 0 Å². The Labute approximate surface area is 110 Å². The molecule has 0 radical (unpaired) electrons. The molecule has 0 aliphatic carbocycles. The molecule has 1 fully saturated rings. The molecule has 2 heterocycles. The van der Waals surface area contributed by atoms with Gasteiger partial charge < -0.3 is 5.32 Å².